The van der Waals surface area contributed by atoms with Crippen molar-refractivity contribution in [2.24, 2.45) is 5.10 Å². The van der Waals surface area contributed by atoms with Crippen LogP contribution in [0.3, 0.4) is 0 Å². The molecule has 0 radical (unpaired) electrons. The molecule has 2 N–H and O–H groups in total. The number of halogens is 1. The molecular formula is C24H22ClN3O3. The highest BCUT2D eigenvalue weighted by Crippen LogP contribution is 2.30. The monoisotopic (exact) mass is 435 g/mol. The SMILES string of the molecule is Cc1c(C(=O)Nc2cccc(Cl)c2)oc2c1/C(=N/NC(=O)Cc1ccccc1)CCC2. The largest absolute Gasteiger partial charge is 0.455 e. The van der Waals surface area contributed by atoms with Crippen LogP contribution in [0.5, 0.6) is 0 Å². The lowest BCUT2D eigenvalue weighted by atomic mass is 9.93. The summed E-state index contributed by atoms with van der Waals surface area (Å²) in [6, 6.07) is 16.4. The summed E-state index contributed by atoms with van der Waals surface area (Å²) in [6.07, 6.45) is 2.51. The number of carbonyl (C=O) groups is 2. The molecule has 0 spiro atoms. The molecule has 0 bridgehead atoms. The molecule has 0 saturated heterocycles. The van der Waals surface area contributed by atoms with Gasteiger partial charge >= 0.3 is 0 Å². The minimum atomic E-state index is -0.346. The van der Waals surface area contributed by atoms with Crippen LogP contribution >= 0.6 is 11.6 Å². The number of benzene rings is 2. The van der Waals surface area contributed by atoms with E-state index in [9.17, 15) is 9.59 Å². The quantitative estimate of drug-likeness (QED) is 0.559. The van der Waals surface area contributed by atoms with Crippen molar-refractivity contribution in [1.29, 1.82) is 0 Å². The van der Waals surface area contributed by atoms with Crippen molar-refractivity contribution in [2.75, 3.05) is 5.32 Å². The first-order chi connectivity index (χ1) is 15.0. The first-order valence-electron chi connectivity index (χ1n) is 10.1. The number of hydrogen-bond acceptors (Lipinski definition) is 4. The van der Waals surface area contributed by atoms with E-state index in [2.05, 4.69) is 15.8 Å². The van der Waals surface area contributed by atoms with Crippen LogP contribution in [-0.2, 0) is 17.6 Å². The van der Waals surface area contributed by atoms with E-state index < -0.39 is 0 Å². The van der Waals surface area contributed by atoms with Gasteiger partial charge in [0.1, 0.15) is 5.76 Å². The third-order valence-corrected chi connectivity index (χ3v) is 5.37. The molecule has 1 heterocycles. The van der Waals surface area contributed by atoms with Gasteiger partial charge in [0.25, 0.3) is 5.91 Å². The number of rotatable bonds is 5. The molecule has 2 amide bonds. The second-order valence-corrected chi connectivity index (χ2v) is 7.86. The Kier molecular flexibility index (Phi) is 6.18. The van der Waals surface area contributed by atoms with Crippen molar-refractivity contribution in [2.45, 2.75) is 32.6 Å². The molecule has 1 aliphatic carbocycles. The molecule has 1 aliphatic rings. The highest BCUT2D eigenvalue weighted by atomic mass is 35.5. The highest BCUT2D eigenvalue weighted by molar-refractivity contribution is 6.31. The molecule has 1 aromatic heterocycles. The third kappa shape index (κ3) is 4.86. The normalized spacial score (nSPS) is 14.2. The van der Waals surface area contributed by atoms with Gasteiger partial charge < -0.3 is 9.73 Å². The molecule has 0 saturated carbocycles. The molecule has 0 unspecified atom stereocenters. The van der Waals surface area contributed by atoms with Gasteiger partial charge in [-0.3, -0.25) is 9.59 Å². The Bertz CT molecular complexity index is 1150. The van der Waals surface area contributed by atoms with Gasteiger partial charge in [-0.05, 0) is 43.5 Å². The Labute approximate surface area is 185 Å². The van der Waals surface area contributed by atoms with Gasteiger partial charge in [-0.25, -0.2) is 5.43 Å². The van der Waals surface area contributed by atoms with Crippen LogP contribution in [0.25, 0.3) is 0 Å². The zero-order valence-corrected chi connectivity index (χ0v) is 17.8. The van der Waals surface area contributed by atoms with Crippen molar-refractivity contribution >= 4 is 34.8 Å². The van der Waals surface area contributed by atoms with Crippen molar-refractivity contribution < 1.29 is 14.0 Å². The van der Waals surface area contributed by atoms with Crippen molar-refractivity contribution in [3.8, 4) is 0 Å². The van der Waals surface area contributed by atoms with Gasteiger partial charge in [-0.2, -0.15) is 5.10 Å². The summed E-state index contributed by atoms with van der Waals surface area (Å²) in [5.41, 5.74) is 6.41. The summed E-state index contributed by atoms with van der Waals surface area (Å²) in [5.74, 6) is 0.429. The second-order valence-electron chi connectivity index (χ2n) is 7.43. The number of anilines is 1. The number of fused-ring (bicyclic) bond motifs is 1. The molecule has 0 atom stereocenters. The standard InChI is InChI=1S/C24H22ClN3O3/c1-15-22-19(27-28-21(29)13-16-7-3-2-4-8-16)11-6-12-20(22)31-23(15)24(30)26-18-10-5-9-17(25)14-18/h2-5,7-10,14H,6,11-13H2,1H3,(H,26,30)(H,28,29)/b27-19+. The lowest BCUT2D eigenvalue weighted by molar-refractivity contribution is -0.120. The Morgan fingerprint density at radius 3 is 2.68 bits per heavy atom. The Morgan fingerprint density at radius 2 is 1.90 bits per heavy atom. The van der Waals surface area contributed by atoms with Crippen molar-refractivity contribution in [3.05, 3.63) is 87.8 Å². The highest BCUT2D eigenvalue weighted by Gasteiger charge is 2.28. The number of amides is 2. The molecule has 158 valence electrons. The average Bonchev–Trinajstić information content (AvgIpc) is 3.10. The number of nitrogens with zero attached hydrogens (tertiary/aromatic N) is 1. The molecular weight excluding hydrogens is 414 g/mol. The zero-order valence-electron chi connectivity index (χ0n) is 17.1. The fourth-order valence-electron chi connectivity index (χ4n) is 3.70. The minimum Gasteiger partial charge on any atom is -0.455 e. The summed E-state index contributed by atoms with van der Waals surface area (Å²) in [6.45, 7) is 1.84. The van der Waals surface area contributed by atoms with E-state index in [1.807, 2.05) is 37.3 Å². The summed E-state index contributed by atoms with van der Waals surface area (Å²) in [4.78, 5) is 25.1. The molecule has 0 fully saturated rings. The molecule has 4 rings (SSSR count). The second kappa shape index (κ2) is 9.18. The summed E-state index contributed by atoms with van der Waals surface area (Å²) in [7, 11) is 0. The van der Waals surface area contributed by atoms with Crippen molar-refractivity contribution in [1.82, 2.24) is 5.43 Å². The maximum absolute atomic E-state index is 12.8. The first kappa shape index (κ1) is 20.9. The number of carbonyl (C=O) groups excluding carboxylic acids is 2. The van der Waals surface area contributed by atoms with Crippen LogP contribution < -0.4 is 10.7 Å². The van der Waals surface area contributed by atoms with E-state index in [1.165, 1.54) is 0 Å². The van der Waals surface area contributed by atoms with Gasteiger partial charge in [-0.1, -0.05) is 48.0 Å². The van der Waals surface area contributed by atoms with Gasteiger partial charge in [0.2, 0.25) is 5.91 Å². The molecule has 31 heavy (non-hydrogen) atoms. The fraction of sp³-hybridized carbons (Fsp3) is 0.208. The molecule has 3 aromatic rings. The topological polar surface area (TPSA) is 83.7 Å². The summed E-state index contributed by atoms with van der Waals surface area (Å²) >= 11 is 5.99. The predicted molar refractivity (Wildman–Crippen MR) is 121 cm³/mol. The van der Waals surface area contributed by atoms with Crippen LogP contribution in [0, 0.1) is 6.92 Å². The maximum atomic E-state index is 12.8. The summed E-state index contributed by atoms with van der Waals surface area (Å²) in [5, 5.41) is 7.71. The van der Waals surface area contributed by atoms with E-state index in [0.29, 0.717) is 22.7 Å². The van der Waals surface area contributed by atoms with E-state index in [0.717, 1.165) is 35.4 Å². The van der Waals surface area contributed by atoms with E-state index in [-0.39, 0.29) is 24.0 Å². The Balaban J connectivity index is 1.51. The number of hydrogen-bond donors (Lipinski definition) is 2. The van der Waals surface area contributed by atoms with Crippen LogP contribution in [0.1, 0.15) is 45.8 Å². The minimum absolute atomic E-state index is 0.189. The maximum Gasteiger partial charge on any atom is 0.291 e. The van der Waals surface area contributed by atoms with Crippen molar-refractivity contribution in [3.63, 3.8) is 0 Å². The van der Waals surface area contributed by atoms with E-state index in [4.69, 9.17) is 16.0 Å². The molecule has 0 aliphatic heterocycles. The number of hydrazone groups is 1. The average molecular weight is 436 g/mol. The van der Waals surface area contributed by atoms with Gasteiger partial charge in [0.15, 0.2) is 5.76 Å². The van der Waals surface area contributed by atoms with Gasteiger partial charge in [0, 0.05) is 28.3 Å². The zero-order chi connectivity index (χ0) is 21.8. The van der Waals surface area contributed by atoms with Crippen LogP contribution in [0.4, 0.5) is 5.69 Å². The van der Waals surface area contributed by atoms with Gasteiger partial charge in [0.05, 0.1) is 12.1 Å². The predicted octanol–water partition coefficient (Wildman–Crippen LogP) is 4.89. The van der Waals surface area contributed by atoms with Crippen LogP contribution in [-0.4, -0.2) is 17.5 Å². The smallest absolute Gasteiger partial charge is 0.291 e. The molecule has 6 nitrogen and oxygen atoms in total. The van der Waals surface area contributed by atoms with Gasteiger partial charge in [-0.15, -0.1) is 0 Å². The van der Waals surface area contributed by atoms with E-state index in [1.54, 1.807) is 24.3 Å². The first-order valence-corrected chi connectivity index (χ1v) is 10.5. The van der Waals surface area contributed by atoms with Crippen LogP contribution in [0.15, 0.2) is 64.1 Å². The van der Waals surface area contributed by atoms with E-state index >= 15 is 0 Å². The summed E-state index contributed by atoms with van der Waals surface area (Å²) < 4.78 is 5.90. The lowest BCUT2D eigenvalue weighted by Crippen LogP contribution is -2.23. The molecule has 2 aromatic carbocycles. The lowest BCUT2D eigenvalue weighted by Gasteiger charge is -2.13. The molecule has 7 heteroatoms. The number of nitrogens with one attached hydrogen (secondary N) is 2. The van der Waals surface area contributed by atoms with Crippen LogP contribution in [0.2, 0.25) is 5.02 Å². The third-order valence-electron chi connectivity index (χ3n) is 5.14. The number of furan rings is 1. The fourth-order valence-corrected chi connectivity index (χ4v) is 3.89. The Hall–Kier alpha value is -3.38. The Morgan fingerprint density at radius 1 is 1.10 bits per heavy atom. The number of aryl methyl sites for hydroxylation is 1.